The maximum absolute atomic E-state index is 12.5. The highest BCUT2D eigenvalue weighted by molar-refractivity contribution is 5.98. The zero-order valence-electron chi connectivity index (χ0n) is 16.1. The third-order valence-corrected chi connectivity index (χ3v) is 5.02. The molecule has 0 saturated carbocycles. The van der Waals surface area contributed by atoms with Crippen LogP contribution >= 0.6 is 0 Å². The van der Waals surface area contributed by atoms with Gasteiger partial charge in [0.25, 0.3) is 5.91 Å². The molecular weight excluding hydrogens is 342 g/mol. The van der Waals surface area contributed by atoms with Crippen molar-refractivity contribution in [3.8, 4) is 5.75 Å². The third kappa shape index (κ3) is 4.76. The maximum atomic E-state index is 12.5. The van der Waals surface area contributed by atoms with Gasteiger partial charge in [-0.3, -0.25) is 14.6 Å². The Balaban J connectivity index is 1.57. The van der Waals surface area contributed by atoms with E-state index in [0.717, 1.165) is 48.9 Å². The lowest BCUT2D eigenvalue weighted by Gasteiger charge is -2.20. The summed E-state index contributed by atoms with van der Waals surface area (Å²) in [5.74, 6) is 0.860. The molecule has 0 radical (unpaired) electrons. The van der Waals surface area contributed by atoms with Crippen molar-refractivity contribution in [1.82, 2.24) is 15.2 Å². The van der Waals surface area contributed by atoms with Gasteiger partial charge in [-0.1, -0.05) is 6.42 Å². The van der Waals surface area contributed by atoms with Crippen LogP contribution in [-0.4, -0.2) is 48.4 Å². The molecule has 6 nitrogen and oxygen atoms in total. The predicted octanol–water partition coefficient (Wildman–Crippen LogP) is 3.07. The molecule has 0 atom stereocenters. The fourth-order valence-corrected chi connectivity index (χ4v) is 3.44. The number of likely N-dealkylation sites (tertiary alicyclic amines) is 1. The van der Waals surface area contributed by atoms with E-state index >= 15 is 0 Å². The fraction of sp³-hybridized carbons (Fsp3) is 0.476. The second-order valence-electron chi connectivity index (χ2n) is 6.98. The van der Waals surface area contributed by atoms with E-state index < -0.39 is 0 Å². The average molecular weight is 369 g/mol. The van der Waals surface area contributed by atoms with E-state index in [4.69, 9.17) is 4.74 Å². The summed E-state index contributed by atoms with van der Waals surface area (Å²) in [7, 11) is 1.62. The molecule has 1 aliphatic heterocycles. The maximum Gasteiger partial charge on any atom is 0.253 e. The van der Waals surface area contributed by atoms with E-state index in [2.05, 4.69) is 10.3 Å². The summed E-state index contributed by atoms with van der Waals surface area (Å²) < 4.78 is 5.22. The van der Waals surface area contributed by atoms with Gasteiger partial charge in [-0.05, 0) is 44.4 Å². The number of nitrogens with one attached hydrogen (secondary N) is 1. The summed E-state index contributed by atoms with van der Waals surface area (Å²) >= 11 is 0. The first-order valence-electron chi connectivity index (χ1n) is 9.60. The monoisotopic (exact) mass is 369 g/mol. The molecule has 0 bridgehead atoms. The number of aromatic nitrogens is 1. The zero-order valence-corrected chi connectivity index (χ0v) is 16.1. The van der Waals surface area contributed by atoms with E-state index in [1.165, 1.54) is 0 Å². The van der Waals surface area contributed by atoms with E-state index in [1.54, 1.807) is 7.11 Å². The number of methoxy groups -OCH3 is 1. The van der Waals surface area contributed by atoms with Crippen molar-refractivity contribution >= 4 is 22.7 Å². The molecule has 2 heterocycles. The van der Waals surface area contributed by atoms with Crippen molar-refractivity contribution < 1.29 is 14.3 Å². The summed E-state index contributed by atoms with van der Waals surface area (Å²) in [5.41, 5.74) is 2.08. The number of rotatable bonds is 6. The van der Waals surface area contributed by atoms with Crippen LogP contribution in [0, 0.1) is 6.92 Å². The van der Waals surface area contributed by atoms with E-state index in [9.17, 15) is 9.59 Å². The molecule has 1 fully saturated rings. The molecule has 1 aromatic heterocycles. The number of hydrogen-bond acceptors (Lipinski definition) is 4. The third-order valence-electron chi connectivity index (χ3n) is 5.02. The summed E-state index contributed by atoms with van der Waals surface area (Å²) in [4.78, 5) is 31.0. The van der Waals surface area contributed by atoms with Crippen LogP contribution in [0.5, 0.6) is 5.75 Å². The Morgan fingerprint density at radius 2 is 2.11 bits per heavy atom. The van der Waals surface area contributed by atoms with Crippen LogP contribution in [0.2, 0.25) is 0 Å². The van der Waals surface area contributed by atoms with Crippen molar-refractivity contribution in [3.05, 3.63) is 35.5 Å². The van der Waals surface area contributed by atoms with Crippen molar-refractivity contribution in [2.45, 2.75) is 39.0 Å². The minimum absolute atomic E-state index is 0.125. The molecule has 27 heavy (non-hydrogen) atoms. The van der Waals surface area contributed by atoms with Gasteiger partial charge >= 0.3 is 0 Å². The lowest BCUT2D eigenvalue weighted by Crippen LogP contribution is -2.34. The quantitative estimate of drug-likeness (QED) is 0.795. The highest BCUT2D eigenvalue weighted by Crippen LogP contribution is 2.21. The van der Waals surface area contributed by atoms with Crippen LogP contribution in [-0.2, 0) is 4.79 Å². The van der Waals surface area contributed by atoms with Gasteiger partial charge in [-0.2, -0.15) is 0 Å². The molecule has 2 aromatic rings. The first-order valence-corrected chi connectivity index (χ1v) is 9.60. The fourth-order valence-electron chi connectivity index (χ4n) is 3.44. The standard InChI is InChI=1S/C21H27N3O3/c1-15-18(13-16-8-9-17(27-2)14-19(16)23-15)21(26)22-10-6-12-24-11-5-3-4-7-20(24)25/h8-9,13-14H,3-7,10-12H2,1-2H3,(H,22,26). The zero-order chi connectivity index (χ0) is 19.2. The second kappa shape index (κ2) is 8.84. The number of carbonyl (C=O) groups excluding carboxylic acids is 2. The van der Waals surface area contributed by atoms with Gasteiger partial charge in [0.2, 0.25) is 5.91 Å². The Hall–Kier alpha value is -2.63. The van der Waals surface area contributed by atoms with Gasteiger partial charge in [0.05, 0.1) is 23.9 Å². The van der Waals surface area contributed by atoms with Gasteiger partial charge in [0.1, 0.15) is 5.75 Å². The molecule has 0 spiro atoms. The van der Waals surface area contributed by atoms with E-state index in [-0.39, 0.29) is 11.8 Å². The van der Waals surface area contributed by atoms with Crippen molar-refractivity contribution in [2.75, 3.05) is 26.7 Å². The molecule has 0 unspecified atom stereocenters. The summed E-state index contributed by atoms with van der Waals surface area (Å²) in [6.45, 7) is 3.92. The van der Waals surface area contributed by atoms with Crippen LogP contribution in [0.1, 0.15) is 48.2 Å². The van der Waals surface area contributed by atoms with Gasteiger partial charge < -0.3 is 15.0 Å². The topological polar surface area (TPSA) is 71.5 Å². The van der Waals surface area contributed by atoms with E-state index in [0.29, 0.717) is 30.8 Å². The second-order valence-corrected chi connectivity index (χ2v) is 6.98. The lowest BCUT2D eigenvalue weighted by molar-refractivity contribution is -0.130. The average Bonchev–Trinajstić information content (AvgIpc) is 2.88. The van der Waals surface area contributed by atoms with Crippen LogP contribution < -0.4 is 10.1 Å². The molecular formula is C21H27N3O3. The lowest BCUT2D eigenvalue weighted by atomic mass is 10.1. The number of pyridine rings is 1. The van der Waals surface area contributed by atoms with Gasteiger partial charge in [-0.25, -0.2) is 0 Å². The number of ether oxygens (including phenoxy) is 1. The Morgan fingerprint density at radius 3 is 2.93 bits per heavy atom. The number of amides is 2. The number of hydrogen-bond donors (Lipinski definition) is 1. The number of benzene rings is 1. The molecule has 1 saturated heterocycles. The highest BCUT2D eigenvalue weighted by Gasteiger charge is 2.16. The molecule has 144 valence electrons. The number of fused-ring (bicyclic) bond motifs is 1. The summed E-state index contributed by atoms with van der Waals surface area (Å²) in [5, 5.41) is 3.86. The van der Waals surface area contributed by atoms with Crippen LogP contribution in [0.25, 0.3) is 10.9 Å². The SMILES string of the molecule is COc1ccc2cc(C(=O)NCCCN3CCCCCC3=O)c(C)nc2c1. The molecule has 1 aliphatic rings. The molecule has 1 N–H and O–H groups in total. The van der Waals surface area contributed by atoms with Crippen LogP contribution in [0.3, 0.4) is 0 Å². The normalized spacial score (nSPS) is 14.9. The predicted molar refractivity (Wildman–Crippen MR) is 105 cm³/mol. The Labute approximate surface area is 159 Å². The Kier molecular flexibility index (Phi) is 6.27. The first kappa shape index (κ1) is 19.1. The van der Waals surface area contributed by atoms with Gasteiger partial charge in [0, 0.05) is 37.5 Å². The smallest absolute Gasteiger partial charge is 0.253 e. The van der Waals surface area contributed by atoms with Gasteiger partial charge in [0.15, 0.2) is 0 Å². The van der Waals surface area contributed by atoms with Crippen LogP contribution in [0.15, 0.2) is 24.3 Å². The van der Waals surface area contributed by atoms with E-state index in [1.807, 2.05) is 36.1 Å². The van der Waals surface area contributed by atoms with Crippen molar-refractivity contribution in [3.63, 3.8) is 0 Å². The molecule has 1 aromatic carbocycles. The molecule has 6 heteroatoms. The van der Waals surface area contributed by atoms with Crippen molar-refractivity contribution in [1.29, 1.82) is 0 Å². The van der Waals surface area contributed by atoms with Crippen LogP contribution in [0.4, 0.5) is 0 Å². The summed E-state index contributed by atoms with van der Waals surface area (Å²) in [6.07, 6.45) is 4.60. The minimum atomic E-state index is -0.125. The largest absolute Gasteiger partial charge is 0.497 e. The molecule has 0 aliphatic carbocycles. The van der Waals surface area contributed by atoms with Crippen molar-refractivity contribution in [2.24, 2.45) is 0 Å². The highest BCUT2D eigenvalue weighted by atomic mass is 16.5. The summed E-state index contributed by atoms with van der Waals surface area (Å²) in [6, 6.07) is 7.49. The number of aryl methyl sites for hydroxylation is 1. The number of carbonyl (C=O) groups is 2. The number of nitrogens with zero attached hydrogens (tertiary/aromatic N) is 2. The first-order chi connectivity index (χ1) is 13.1. The Morgan fingerprint density at radius 1 is 1.26 bits per heavy atom. The minimum Gasteiger partial charge on any atom is -0.497 e. The van der Waals surface area contributed by atoms with Gasteiger partial charge in [-0.15, -0.1) is 0 Å². The molecule has 3 rings (SSSR count). The molecule has 2 amide bonds. The Bertz CT molecular complexity index is 835.